The topological polar surface area (TPSA) is 68.6 Å². The van der Waals surface area contributed by atoms with Crippen molar-refractivity contribution in [3.63, 3.8) is 0 Å². The molecule has 1 saturated heterocycles. The van der Waals surface area contributed by atoms with E-state index in [4.69, 9.17) is 19.5 Å². The van der Waals surface area contributed by atoms with E-state index in [1.54, 1.807) is 12.1 Å². The highest BCUT2D eigenvalue weighted by Gasteiger charge is 2.33. The van der Waals surface area contributed by atoms with Crippen molar-refractivity contribution in [2.24, 2.45) is 5.92 Å². The molecule has 1 fully saturated rings. The molecule has 1 aromatic rings. The molecular weight excluding hydrogens is 318 g/mol. The van der Waals surface area contributed by atoms with Gasteiger partial charge in [-0.1, -0.05) is 44.7 Å². The van der Waals surface area contributed by atoms with Crippen LogP contribution in [0.25, 0.3) is 0 Å². The van der Waals surface area contributed by atoms with Crippen molar-refractivity contribution in [1.82, 2.24) is 0 Å². The van der Waals surface area contributed by atoms with Gasteiger partial charge in [0.05, 0.1) is 24.7 Å². The number of nitrogens with zero attached hydrogens (tertiary/aromatic N) is 1. The lowest BCUT2D eigenvalue weighted by atomic mass is 9.97. The third-order valence-electron chi connectivity index (χ3n) is 4.55. The number of carbonyl (C=O) groups is 1. The average Bonchev–Trinajstić information content (AvgIpc) is 2.65. The van der Waals surface area contributed by atoms with Crippen LogP contribution < -0.4 is 4.74 Å². The highest BCUT2D eigenvalue weighted by atomic mass is 16.7. The zero-order valence-corrected chi connectivity index (χ0v) is 15.1. The molecule has 1 aliphatic heterocycles. The van der Waals surface area contributed by atoms with E-state index >= 15 is 0 Å². The van der Waals surface area contributed by atoms with Crippen LogP contribution in [-0.2, 0) is 14.3 Å². The Kier molecular flexibility index (Phi) is 7.90. The zero-order chi connectivity index (χ0) is 18.1. The molecule has 0 bridgehead atoms. The summed E-state index contributed by atoms with van der Waals surface area (Å²) < 4.78 is 16.4. The highest BCUT2D eigenvalue weighted by molar-refractivity contribution is 5.76. The van der Waals surface area contributed by atoms with Crippen LogP contribution in [-0.4, -0.2) is 25.5 Å². The fraction of sp³-hybridized carbons (Fsp3) is 0.600. The summed E-state index contributed by atoms with van der Waals surface area (Å²) in [5.74, 6) is -0.416. The minimum atomic E-state index is -0.395. The minimum Gasteiger partial charge on any atom is -0.426 e. The summed E-state index contributed by atoms with van der Waals surface area (Å²) in [6.07, 6.45) is 5.28. The first-order valence-corrected chi connectivity index (χ1v) is 9.06. The summed E-state index contributed by atoms with van der Waals surface area (Å²) in [5.41, 5.74) is 0.903. The van der Waals surface area contributed by atoms with Crippen LogP contribution in [0.2, 0.25) is 0 Å². The fourth-order valence-corrected chi connectivity index (χ4v) is 2.90. The molecule has 3 atom stereocenters. The normalized spacial score (nSPS) is 21.3. The van der Waals surface area contributed by atoms with E-state index in [0.29, 0.717) is 12.4 Å². The van der Waals surface area contributed by atoms with Gasteiger partial charge >= 0.3 is 5.97 Å². The molecule has 0 spiro atoms. The van der Waals surface area contributed by atoms with Crippen molar-refractivity contribution in [3.05, 3.63) is 29.8 Å². The number of hydrogen-bond acceptors (Lipinski definition) is 5. The predicted molar refractivity (Wildman–Crippen MR) is 94.0 cm³/mol. The molecule has 1 unspecified atom stereocenters. The Labute approximate surface area is 149 Å². The largest absolute Gasteiger partial charge is 0.426 e. The van der Waals surface area contributed by atoms with Crippen LogP contribution in [0.15, 0.2) is 24.3 Å². The second-order valence-electron chi connectivity index (χ2n) is 6.49. The molecule has 0 aliphatic carbocycles. The summed E-state index contributed by atoms with van der Waals surface area (Å²) in [5, 5.41) is 8.94. The molecule has 136 valence electrons. The molecule has 5 nitrogen and oxygen atoms in total. The summed E-state index contributed by atoms with van der Waals surface area (Å²) in [6.45, 7) is 4.58. The number of rotatable bonds is 8. The monoisotopic (exact) mass is 345 g/mol. The molecule has 0 saturated carbocycles. The Morgan fingerprint density at radius 2 is 2.08 bits per heavy atom. The SMILES string of the molecule is CCCCCC[C@H]1OCOC[C@@H]1C(=O)Oc1ccc(C(C)C#N)cc1. The van der Waals surface area contributed by atoms with E-state index in [-0.39, 0.29) is 24.8 Å². The number of hydrogen-bond donors (Lipinski definition) is 0. The maximum absolute atomic E-state index is 12.5. The van der Waals surface area contributed by atoms with Crippen molar-refractivity contribution in [2.75, 3.05) is 13.4 Å². The average molecular weight is 345 g/mol. The predicted octanol–water partition coefficient (Wildman–Crippen LogP) is 4.18. The first-order chi connectivity index (χ1) is 12.2. The van der Waals surface area contributed by atoms with E-state index in [2.05, 4.69) is 13.0 Å². The van der Waals surface area contributed by atoms with Gasteiger partial charge in [-0.25, -0.2) is 0 Å². The third-order valence-corrected chi connectivity index (χ3v) is 4.55. The number of carbonyl (C=O) groups excluding carboxylic acids is 1. The Balaban J connectivity index is 1.91. The molecule has 1 aromatic carbocycles. The van der Waals surface area contributed by atoms with Gasteiger partial charge in [-0.2, -0.15) is 5.26 Å². The second-order valence-corrected chi connectivity index (χ2v) is 6.49. The van der Waals surface area contributed by atoms with Crippen molar-refractivity contribution in [3.8, 4) is 11.8 Å². The molecule has 1 heterocycles. The van der Waals surface area contributed by atoms with Crippen molar-refractivity contribution in [1.29, 1.82) is 5.26 Å². The van der Waals surface area contributed by atoms with Gasteiger partial charge in [0, 0.05) is 0 Å². The number of esters is 1. The van der Waals surface area contributed by atoms with Crippen molar-refractivity contribution >= 4 is 5.97 Å². The number of benzene rings is 1. The molecule has 25 heavy (non-hydrogen) atoms. The second kappa shape index (κ2) is 10.2. The van der Waals surface area contributed by atoms with Crippen molar-refractivity contribution in [2.45, 2.75) is 58.0 Å². The highest BCUT2D eigenvalue weighted by Crippen LogP contribution is 2.24. The summed E-state index contributed by atoms with van der Waals surface area (Å²) >= 11 is 0. The van der Waals surface area contributed by atoms with Gasteiger partial charge in [0.1, 0.15) is 18.5 Å². The van der Waals surface area contributed by atoms with E-state index in [0.717, 1.165) is 24.8 Å². The number of unbranched alkanes of at least 4 members (excludes halogenated alkanes) is 3. The van der Waals surface area contributed by atoms with Gasteiger partial charge in [0.15, 0.2) is 0 Å². The van der Waals surface area contributed by atoms with E-state index in [9.17, 15) is 4.79 Å². The van der Waals surface area contributed by atoms with E-state index in [1.807, 2.05) is 19.1 Å². The Morgan fingerprint density at radius 3 is 2.76 bits per heavy atom. The first kappa shape index (κ1) is 19.4. The molecule has 0 aromatic heterocycles. The first-order valence-electron chi connectivity index (χ1n) is 9.06. The summed E-state index contributed by atoms with van der Waals surface area (Å²) in [6, 6.07) is 9.26. The van der Waals surface area contributed by atoms with Gasteiger partial charge in [0.2, 0.25) is 0 Å². The molecule has 0 radical (unpaired) electrons. The minimum absolute atomic E-state index is 0.143. The van der Waals surface area contributed by atoms with Crippen LogP contribution >= 0.6 is 0 Å². The van der Waals surface area contributed by atoms with E-state index < -0.39 is 5.92 Å². The third kappa shape index (κ3) is 5.84. The molecule has 0 amide bonds. The number of ether oxygens (including phenoxy) is 3. The lowest BCUT2D eigenvalue weighted by Crippen LogP contribution is -2.41. The molecule has 2 rings (SSSR count). The maximum atomic E-state index is 12.5. The quantitative estimate of drug-likeness (QED) is 0.402. The lowest BCUT2D eigenvalue weighted by molar-refractivity contribution is -0.187. The van der Waals surface area contributed by atoms with Gasteiger partial charge in [-0.15, -0.1) is 0 Å². The van der Waals surface area contributed by atoms with Gasteiger partial charge < -0.3 is 14.2 Å². The summed E-state index contributed by atoms with van der Waals surface area (Å²) in [7, 11) is 0. The Morgan fingerprint density at radius 1 is 1.32 bits per heavy atom. The van der Waals surface area contributed by atoms with E-state index in [1.165, 1.54) is 12.8 Å². The summed E-state index contributed by atoms with van der Waals surface area (Å²) in [4.78, 5) is 12.5. The maximum Gasteiger partial charge on any atom is 0.319 e. The lowest BCUT2D eigenvalue weighted by Gasteiger charge is -2.30. The Hall–Kier alpha value is -1.90. The Bertz CT molecular complexity index is 578. The standard InChI is InChI=1S/C20H27NO4/c1-3-4-5-6-7-19-18(13-23-14-24-19)20(22)25-17-10-8-16(9-11-17)15(2)12-21/h8-11,15,18-19H,3-7,13-14H2,1-2H3/t15?,18-,19+/m0/s1. The van der Waals surface area contributed by atoms with Gasteiger partial charge in [-0.05, 0) is 31.0 Å². The molecule has 0 N–H and O–H groups in total. The zero-order valence-electron chi connectivity index (χ0n) is 15.1. The van der Waals surface area contributed by atoms with Crippen LogP contribution in [0.1, 0.15) is 57.4 Å². The van der Waals surface area contributed by atoms with Crippen LogP contribution in [0, 0.1) is 17.2 Å². The van der Waals surface area contributed by atoms with Crippen molar-refractivity contribution < 1.29 is 19.0 Å². The molecule has 5 heteroatoms. The molecule has 1 aliphatic rings. The van der Waals surface area contributed by atoms with Crippen LogP contribution in [0.5, 0.6) is 5.75 Å². The van der Waals surface area contributed by atoms with Crippen LogP contribution in [0.3, 0.4) is 0 Å². The fourth-order valence-electron chi connectivity index (χ4n) is 2.90. The smallest absolute Gasteiger partial charge is 0.319 e. The van der Waals surface area contributed by atoms with Crippen LogP contribution in [0.4, 0.5) is 0 Å². The van der Waals surface area contributed by atoms with Gasteiger partial charge in [-0.3, -0.25) is 4.79 Å². The molecular formula is C20H27NO4. The number of nitriles is 1. The van der Waals surface area contributed by atoms with Gasteiger partial charge in [0.25, 0.3) is 0 Å².